The Morgan fingerprint density at radius 3 is 2.94 bits per heavy atom. The molecule has 2 bridgehead atoms. The number of nitrogens with two attached hydrogens (primary N) is 1. The highest BCUT2D eigenvalue weighted by atomic mass is 35.5. The van der Waals surface area contributed by atoms with Gasteiger partial charge in [0.25, 0.3) is 0 Å². The van der Waals surface area contributed by atoms with E-state index < -0.39 is 0 Å². The molecule has 2 fully saturated rings. The van der Waals surface area contributed by atoms with Crippen molar-refractivity contribution in [3.63, 3.8) is 0 Å². The first-order valence-electron chi connectivity index (χ1n) is 6.12. The van der Waals surface area contributed by atoms with E-state index >= 15 is 0 Å². The summed E-state index contributed by atoms with van der Waals surface area (Å²) in [5.74, 6) is 3.40. The van der Waals surface area contributed by atoms with Crippen molar-refractivity contribution in [2.75, 3.05) is 5.73 Å². The first-order valence-corrected chi connectivity index (χ1v) is 6.50. The van der Waals surface area contributed by atoms with Crippen LogP contribution in [0.4, 0.5) is 5.82 Å². The largest absolute Gasteiger partial charge is 0.383 e. The minimum atomic E-state index is 0.659. The summed E-state index contributed by atoms with van der Waals surface area (Å²) in [4.78, 5) is 4.13. The molecule has 3 heteroatoms. The first-order chi connectivity index (χ1) is 7.72. The normalized spacial score (nSPS) is 32.2. The van der Waals surface area contributed by atoms with Crippen LogP contribution in [-0.4, -0.2) is 4.98 Å². The molecule has 2 aliphatic carbocycles. The van der Waals surface area contributed by atoms with Crippen LogP contribution >= 0.6 is 11.6 Å². The Bertz CT molecular complexity index is 405. The van der Waals surface area contributed by atoms with Crippen LogP contribution in [0.15, 0.2) is 12.3 Å². The van der Waals surface area contributed by atoms with Crippen molar-refractivity contribution >= 4 is 17.4 Å². The van der Waals surface area contributed by atoms with Crippen molar-refractivity contribution in [1.82, 2.24) is 4.98 Å². The average molecular weight is 237 g/mol. The van der Waals surface area contributed by atoms with Gasteiger partial charge in [-0.05, 0) is 55.1 Å². The van der Waals surface area contributed by atoms with Crippen molar-refractivity contribution in [3.05, 3.63) is 22.8 Å². The second-order valence-electron chi connectivity index (χ2n) is 5.34. The predicted molar refractivity (Wildman–Crippen MR) is 66.3 cm³/mol. The van der Waals surface area contributed by atoms with Gasteiger partial charge in [0.15, 0.2) is 0 Å². The Morgan fingerprint density at radius 2 is 2.25 bits per heavy atom. The zero-order valence-electron chi connectivity index (χ0n) is 9.32. The molecule has 1 aromatic rings. The third kappa shape index (κ3) is 1.80. The minimum absolute atomic E-state index is 0.659. The number of nitrogen functional groups attached to an aromatic ring is 1. The first kappa shape index (κ1) is 10.4. The van der Waals surface area contributed by atoms with Gasteiger partial charge >= 0.3 is 0 Å². The molecule has 2 N–H and O–H groups in total. The van der Waals surface area contributed by atoms with Gasteiger partial charge in [-0.3, -0.25) is 0 Å². The van der Waals surface area contributed by atoms with Crippen molar-refractivity contribution in [1.29, 1.82) is 0 Å². The molecule has 2 aliphatic rings. The van der Waals surface area contributed by atoms with Crippen LogP contribution in [0.5, 0.6) is 0 Å². The Balaban J connectivity index is 1.76. The van der Waals surface area contributed by atoms with Crippen LogP contribution in [0, 0.1) is 17.8 Å². The zero-order chi connectivity index (χ0) is 11.1. The van der Waals surface area contributed by atoms with Crippen molar-refractivity contribution in [2.45, 2.75) is 32.1 Å². The molecule has 1 aromatic heterocycles. The molecule has 16 heavy (non-hydrogen) atoms. The molecule has 0 amide bonds. The van der Waals surface area contributed by atoms with Gasteiger partial charge < -0.3 is 5.73 Å². The molecule has 3 rings (SSSR count). The summed E-state index contributed by atoms with van der Waals surface area (Å²) in [7, 11) is 0. The maximum Gasteiger partial charge on any atom is 0.126 e. The topological polar surface area (TPSA) is 38.9 Å². The van der Waals surface area contributed by atoms with E-state index in [-0.39, 0.29) is 0 Å². The smallest absolute Gasteiger partial charge is 0.126 e. The van der Waals surface area contributed by atoms with E-state index in [9.17, 15) is 0 Å². The Labute approximate surface area is 101 Å². The SMILES string of the molecule is Nc1ncc(Cl)cc1CC1CC2CCC1C2. The van der Waals surface area contributed by atoms with Crippen LogP contribution in [0.2, 0.25) is 5.02 Å². The number of anilines is 1. The van der Waals surface area contributed by atoms with Crippen LogP contribution in [0.1, 0.15) is 31.2 Å². The molecular weight excluding hydrogens is 220 g/mol. The molecule has 0 saturated heterocycles. The Hall–Kier alpha value is -0.760. The molecule has 0 spiro atoms. The lowest BCUT2D eigenvalue weighted by molar-refractivity contribution is 0.331. The van der Waals surface area contributed by atoms with E-state index in [1.165, 1.54) is 25.7 Å². The summed E-state index contributed by atoms with van der Waals surface area (Å²) in [5.41, 5.74) is 7.04. The molecule has 0 aliphatic heterocycles. The van der Waals surface area contributed by atoms with Gasteiger partial charge in [0, 0.05) is 6.20 Å². The molecule has 3 unspecified atom stereocenters. The van der Waals surface area contributed by atoms with Gasteiger partial charge in [0.05, 0.1) is 5.02 Å². The third-order valence-corrected chi connectivity index (χ3v) is 4.54. The molecule has 2 nitrogen and oxygen atoms in total. The lowest BCUT2D eigenvalue weighted by Gasteiger charge is -2.22. The highest BCUT2D eigenvalue weighted by molar-refractivity contribution is 6.30. The number of rotatable bonds is 2. The predicted octanol–water partition coefficient (Wildman–Crippen LogP) is 3.30. The summed E-state index contributed by atoms with van der Waals surface area (Å²) in [5, 5.41) is 0.701. The summed E-state index contributed by atoms with van der Waals surface area (Å²) < 4.78 is 0. The lowest BCUT2D eigenvalue weighted by Crippen LogP contribution is -2.14. The summed E-state index contributed by atoms with van der Waals surface area (Å²) in [6.45, 7) is 0. The Morgan fingerprint density at radius 1 is 1.38 bits per heavy atom. The van der Waals surface area contributed by atoms with Crippen molar-refractivity contribution < 1.29 is 0 Å². The average Bonchev–Trinajstić information content (AvgIpc) is 2.85. The van der Waals surface area contributed by atoms with Gasteiger partial charge in [-0.25, -0.2) is 4.98 Å². The molecular formula is C13H17ClN2. The fourth-order valence-electron chi connectivity index (χ4n) is 3.56. The maximum atomic E-state index is 5.96. The van der Waals surface area contributed by atoms with Crippen LogP contribution < -0.4 is 5.73 Å². The molecule has 3 atom stereocenters. The number of fused-ring (bicyclic) bond motifs is 2. The number of halogens is 1. The van der Waals surface area contributed by atoms with Gasteiger partial charge in [-0.2, -0.15) is 0 Å². The van der Waals surface area contributed by atoms with Gasteiger partial charge in [0.1, 0.15) is 5.82 Å². The van der Waals surface area contributed by atoms with E-state index in [1.807, 2.05) is 6.07 Å². The maximum absolute atomic E-state index is 5.96. The van der Waals surface area contributed by atoms with Crippen LogP contribution in [-0.2, 0) is 6.42 Å². The highest BCUT2D eigenvalue weighted by Gasteiger charge is 2.39. The highest BCUT2D eigenvalue weighted by Crippen LogP contribution is 2.49. The number of aromatic nitrogens is 1. The number of hydrogen-bond acceptors (Lipinski definition) is 2. The van der Waals surface area contributed by atoms with E-state index in [1.54, 1.807) is 6.20 Å². The number of nitrogens with zero attached hydrogens (tertiary/aromatic N) is 1. The molecule has 86 valence electrons. The lowest BCUT2D eigenvalue weighted by atomic mass is 9.84. The quantitative estimate of drug-likeness (QED) is 0.856. The molecule has 0 radical (unpaired) electrons. The fourth-order valence-corrected chi connectivity index (χ4v) is 3.74. The standard InChI is InChI=1S/C13H17ClN2/c14-12-6-11(13(15)16-7-12)5-10-4-8-1-2-9(10)3-8/h6-10H,1-5H2,(H2,15,16). The third-order valence-electron chi connectivity index (χ3n) is 4.33. The second-order valence-corrected chi connectivity index (χ2v) is 5.77. The minimum Gasteiger partial charge on any atom is -0.383 e. The van der Waals surface area contributed by atoms with E-state index in [0.717, 1.165) is 29.7 Å². The van der Waals surface area contributed by atoms with E-state index in [0.29, 0.717) is 10.8 Å². The van der Waals surface area contributed by atoms with E-state index in [4.69, 9.17) is 17.3 Å². The fraction of sp³-hybridized carbons (Fsp3) is 0.615. The van der Waals surface area contributed by atoms with Crippen LogP contribution in [0.25, 0.3) is 0 Å². The zero-order valence-corrected chi connectivity index (χ0v) is 10.1. The molecule has 1 heterocycles. The molecule has 0 aromatic carbocycles. The molecule has 2 saturated carbocycles. The van der Waals surface area contributed by atoms with Gasteiger partial charge in [0.2, 0.25) is 0 Å². The Kier molecular flexibility index (Phi) is 2.55. The van der Waals surface area contributed by atoms with Crippen molar-refractivity contribution in [2.24, 2.45) is 17.8 Å². The summed E-state index contributed by atoms with van der Waals surface area (Å²) in [6, 6.07) is 1.98. The van der Waals surface area contributed by atoms with Gasteiger partial charge in [-0.15, -0.1) is 0 Å². The monoisotopic (exact) mass is 236 g/mol. The second kappa shape index (κ2) is 3.92. The van der Waals surface area contributed by atoms with E-state index in [2.05, 4.69) is 4.98 Å². The number of hydrogen-bond donors (Lipinski definition) is 1. The number of pyridine rings is 1. The van der Waals surface area contributed by atoms with Gasteiger partial charge in [-0.1, -0.05) is 18.0 Å². The summed E-state index contributed by atoms with van der Waals surface area (Å²) in [6.07, 6.45) is 8.39. The van der Waals surface area contributed by atoms with Crippen LogP contribution in [0.3, 0.4) is 0 Å². The van der Waals surface area contributed by atoms with Crippen molar-refractivity contribution in [3.8, 4) is 0 Å². The summed E-state index contributed by atoms with van der Waals surface area (Å²) >= 11 is 5.96.